The molecule has 2 aliphatic rings. The molecule has 0 saturated carbocycles. The summed E-state index contributed by atoms with van der Waals surface area (Å²) in [6.07, 6.45) is 1.15. The number of hydrogen-bond acceptors (Lipinski definition) is 5. The van der Waals surface area contributed by atoms with Gasteiger partial charge < -0.3 is 20.1 Å². The summed E-state index contributed by atoms with van der Waals surface area (Å²) in [5.41, 5.74) is 0.287. The van der Waals surface area contributed by atoms with Crippen LogP contribution in [0.25, 0.3) is 0 Å². The SMILES string of the molecule is COc1ccccc1NC(=O)CN1CCC2(CC1)CNC(=O)O2. The van der Waals surface area contributed by atoms with E-state index in [-0.39, 0.29) is 17.6 Å². The number of nitrogens with zero attached hydrogens (tertiary/aromatic N) is 1. The smallest absolute Gasteiger partial charge is 0.407 e. The monoisotopic (exact) mass is 319 g/mol. The summed E-state index contributed by atoms with van der Waals surface area (Å²) in [4.78, 5) is 25.5. The first-order valence-corrected chi connectivity index (χ1v) is 7.72. The van der Waals surface area contributed by atoms with E-state index < -0.39 is 0 Å². The molecule has 2 N–H and O–H groups in total. The van der Waals surface area contributed by atoms with Crippen LogP contribution >= 0.6 is 0 Å². The molecule has 0 aliphatic carbocycles. The minimum Gasteiger partial charge on any atom is -0.495 e. The summed E-state index contributed by atoms with van der Waals surface area (Å²) in [5, 5.41) is 5.58. The maximum atomic E-state index is 12.2. The van der Waals surface area contributed by atoms with Gasteiger partial charge in [0.15, 0.2) is 0 Å². The van der Waals surface area contributed by atoms with Gasteiger partial charge in [-0.1, -0.05) is 12.1 Å². The third kappa shape index (κ3) is 3.56. The van der Waals surface area contributed by atoms with E-state index in [0.29, 0.717) is 24.5 Å². The van der Waals surface area contributed by atoms with Gasteiger partial charge in [0.1, 0.15) is 11.4 Å². The maximum absolute atomic E-state index is 12.2. The van der Waals surface area contributed by atoms with Gasteiger partial charge in [0.05, 0.1) is 25.9 Å². The van der Waals surface area contributed by atoms with Crippen LogP contribution in [0.1, 0.15) is 12.8 Å². The van der Waals surface area contributed by atoms with Crippen LogP contribution in [0.4, 0.5) is 10.5 Å². The first kappa shape index (κ1) is 15.6. The topological polar surface area (TPSA) is 79.9 Å². The molecule has 0 aromatic heterocycles. The summed E-state index contributed by atoms with van der Waals surface area (Å²) in [6, 6.07) is 7.33. The number of carbonyl (C=O) groups excluding carboxylic acids is 2. The second kappa shape index (κ2) is 6.45. The van der Waals surface area contributed by atoms with Gasteiger partial charge in [0.2, 0.25) is 5.91 Å². The predicted octanol–water partition coefficient (Wildman–Crippen LogP) is 1.21. The number of methoxy groups -OCH3 is 1. The van der Waals surface area contributed by atoms with Crippen LogP contribution < -0.4 is 15.4 Å². The largest absolute Gasteiger partial charge is 0.495 e. The van der Waals surface area contributed by atoms with Gasteiger partial charge in [0.25, 0.3) is 0 Å². The number of likely N-dealkylation sites (tertiary alicyclic amines) is 1. The van der Waals surface area contributed by atoms with E-state index in [2.05, 4.69) is 15.5 Å². The number of piperidine rings is 1. The standard InChI is InChI=1S/C16H21N3O4/c1-22-13-5-3-2-4-12(13)18-14(20)10-19-8-6-16(7-9-19)11-17-15(21)23-16/h2-5H,6-11H2,1H3,(H,17,21)(H,18,20). The Morgan fingerprint density at radius 1 is 1.39 bits per heavy atom. The fourth-order valence-corrected chi connectivity index (χ4v) is 3.04. The Kier molecular flexibility index (Phi) is 4.38. The number of para-hydroxylation sites is 2. The van der Waals surface area contributed by atoms with E-state index in [1.165, 1.54) is 0 Å². The lowest BCUT2D eigenvalue weighted by molar-refractivity contribution is -0.118. The third-order valence-electron chi connectivity index (χ3n) is 4.38. The van der Waals surface area contributed by atoms with Crippen molar-refractivity contribution in [1.82, 2.24) is 10.2 Å². The van der Waals surface area contributed by atoms with Crippen LogP contribution in [0, 0.1) is 0 Å². The van der Waals surface area contributed by atoms with Crippen molar-refractivity contribution in [2.24, 2.45) is 0 Å². The van der Waals surface area contributed by atoms with Gasteiger partial charge in [-0.15, -0.1) is 0 Å². The highest BCUT2D eigenvalue weighted by Gasteiger charge is 2.42. The van der Waals surface area contributed by atoms with Crippen molar-refractivity contribution in [2.75, 3.05) is 38.6 Å². The normalized spacial score (nSPS) is 20.0. The van der Waals surface area contributed by atoms with Crippen LogP contribution in [0.5, 0.6) is 5.75 Å². The fourth-order valence-electron chi connectivity index (χ4n) is 3.04. The Morgan fingerprint density at radius 2 is 2.13 bits per heavy atom. The van der Waals surface area contributed by atoms with Gasteiger partial charge in [-0.2, -0.15) is 0 Å². The van der Waals surface area contributed by atoms with Crippen molar-refractivity contribution in [2.45, 2.75) is 18.4 Å². The molecule has 0 atom stereocenters. The van der Waals surface area contributed by atoms with Crippen molar-refractivity contribution < 1.29 is 19.1 Å². The number of amides is 2. The molecular weight excluding hydrogens is 298 g/mol. The minimum absolute atomic E-state index is 0.0769. The molecule has 2 fully saturated rings. The highest BCUT2D eigenvalue weighted by atomic mass is 16.6. The average molecular weight is 319 g/mol. The average Bonchev–Trinajstić information content (AvgIpc) is 2.91. The highest BCUT2D eigenvalue weighted by Crippen LogP contribution is 2.29. The Bertz CT molecular complexity index is 597. The maximum Gasteiger partial charge on any atom is 0.407 e. The molecule has 2 aliphatic heterocycles. The van der Waals surface area contributed by atoms with Crippen LogP contribution in [0.3, 0.4) is 0 Å². The van der Waals surface area contributed by atoms with Crippen LogP contribution in [0.2, 0.25) is 0 Å². The van der Waals surface area contributed by atoms with Crippen LogP contribution in [-0.4, -0.2) is 55.8 Å². The zero-order valence-electron chi connectivity index (χ0n) is 13.1. The summed E-state index contributed by atoms with van der Waals surface area (Å²) < 4.78 is 10.6. The van der Waals surface area contributed by atoms with E-state index in [4.69, 9.17) is 9.47 Å². The number of alkyl carbamates (subject to hydrolysis) is 1. The molecule has 2 amide bonds. The number of carbonyl (C=O) groups is 2. The predicted molar refractivity (Wildman–Crippen MR) is 84.5 cm³/mol. The van der Waals surface area contributed by atoms with Gasteiger partial charge in [-0.25, -0.2) is 4.79 Å². The summed E-state index contributed by atoms with van der Waals surface area (Å²) in [5.74, 6) is 0.564. The van der Waals surface area contributed by atoms with Crippen molar-refractivity contribution in [3.8, 4) is 5.75 Å². The minimum atomic E-state index is -0.382. The highest BCUT2D eigenvalue weighted by molar-refractivity contribution is 5.93. The first-order valence-electron chi connectivity index (χ1n) is 7.72. The zero-order chi connectivity index (χ0) is 16.3. The number of anilines is 1. The molecular formula is C16H21N3O4. The molecule has 0 radical (unpaired) electrons. The molecule has 3 rings (SSSR count). The molecule has 1 spiro atoms. The lowest BCUT2D eigenvalue weighted by Crippen LogP contribution is -2.48. The molecule has 23 heavy (non-hydrogen) atoms. The third-order valence-corrected chi connectivity index (χ3v) is 4.38. The van der Waals surface area contributed by atoms with Crippen molar-refractivity contribution in [3.63, 3.8) is 0 Å². The number of ether oxygens (including phenoxy) is 2. The number of benzene rings is 1. The Balaban J connectivity index is 1.50. The summed E-state index contributed by atoms with van der Waals surface area (Å²) in [6.45, 7) is 2.34. The van der Waals surface area contributed by atoms with Crippen molar-refractivity contribution in [1.29, 1.82) is 0 Å². The van der Waals surface area contributed by atoms with Gasteiger partial charge in [0, 0.05) is 25.9 Å². The quantitative estimate of drug-likeness (QED) is 0.872. The first-order chi connectivity index (χ1) is 11.1. The number of nitrogens with one attached hydrogen (secondary N) is 2. The van der Waals surface area contributed by atoms with Gasteiger partial charge in [-0.05, 0) is 12.1 Å². The van der Waals surface area contributed by atoms with Gasteiger partial charge >= 0.3 is 6.09 Å². The van der Waals surface area contributed by atoms with E-state index in [9.17, 15) is 9.59 Å². The molecule has 0 bridgehead atoms. The lowest BCUT2D eigenvalue weighted by atomic mass is 9.92. The van der Waals surface area contributed by atoms with E-state index in [1.54, 1.807) is 7.11 Å². The summed E-state index contributed by atoms with van der Waals surface area (Å²) in [7, 11) is 1.58. The van der Waals surface area contributed by atoms with Crippen molar-refractivity contribution in [3.05, 3.63) is 24.3 Å². The molecule has 2 heterocycles. The van der Waals surface area contributed by atoms with Crippen LogP contribution in [0.15, 0.2) is 24.3 Å². The molecule has 124 valence electrons. The van der Waals surface area contributed by atoms with E-state index in [1.807, 2.05) is 24.3 Å². The lowest BCUT2D eigenvalue weighted by Gasteiger charge is -2.36. The number of hydrogen-bond donors (Lipinski definition) is 2. The molecule has 2 saturated heterocycles. The van der Waals surface area contributed by atoms with E-state index in [0.717, 1.165) is 25.9 Å². The number of rotatable bonds is 4. The van der Waals surface area contributed by atoms with Crippen LogP contribution in [-0.2, 0) is 9.53 Å². The Hall–Kier alpha value is -2.28. The molecule has 7 heteroatoms. The molecule has 1 aromatic rings. The second-order valence-corrected chi connectivity index (χ2v) is 5.95. The Morgan fingerprint density at radius 3 is 2.78 bits per heavy atom. The molecule has 1 aromatic carbocycles. The Labute approximate surface area is 134 Å². The second-order valence-electron chi connectivity index (χ2n) is 5.95. The fraction of sp³-hybridized carbons (Fsp3) is 0.500. The van der Waals surface area contributed by atoms with Gasteiger partial charge in [-0.3, -0.25) is 9.69 Å². The molecule has 0 unspecified atom stereocenters. The van der Waals surface area contributed by atoms with Crippen molar-refractivity contribution >= 4 is 17.7 Å². The summed E-state index contributed by atoms with van der Waals surface area (Å²) >= 11 is 0. The molecule has 7 nitrogen and oxygen atoms in total. The van der Waals surface area contributed by atoms with E-state index >= 15 is 0 Å². The zero-order valence-corrected chi connectivity index (χ0v) is 13.1.